The van der Waals surface area contributed by atoms with Crippen molar-refractivity contribution in [3.05, 3.63) is 55.8 Å². The fraction of sp³-hybridized carbons (Fsp3) is 0. The van der Waals surface area contributed by atoms with E-state index in [2.05, 4.69) is 26.2 Å². The van der Waals surface area contributed by atoms with Crippen LogP contribution in [0, 0.1) is 3.57 Å². The Labute approximate surface area is 136 Å². The smallest absolute Gasteiger partial charge is 0.356 e. The highest BCUT2D eigenvalue weighted by atomic mass is 127. The number of hydrogen-bond donors (Lipinski definition) is 2. The van der Waals surface area contributed by atoms with Crippen LogP contribution in [0.5, 0.6) is 0 Å². The maximum atomic E-state index is 12.2. The van der Waals surface area contributed by atoms with Gasteiger partial charge in [0, 0.05) is 14.2 Å². The fourth-order valence-corrected chi connectivity index (χ4v) is 2.48. The molecular formula is C13H8BrIN2O3. The number of carbonyl (C=O) groups is 2. The molecule has 0 spiro atoms. The number of benzene rings is 1. The van der Waals surface area contributed by atoms with Crippen LogP contribution in [0.4, 0.5) is 5.69 Å². The van der Waals surface area contributed by atoms with Gasteiger partial charge in [-0.2, -0.15) is 0 Å². The molecule has 1 heterocycles. The number of hydrogen-bond acceptors (Lipinski definition) is 3. The molecule has 0 radical (unpaired) electrons. The summed E-state index contributed by atoms with van der Waals surface area (Å²) in [6.45, 7) is 0. The minimum atomic E-state index is -1.19. The topological polar surface area (TPSA) is 79.3 Å². The van der Waals surface area contributed by atoms with Crippen molar-refractivity contribution in [3.8, 4) is 0 Å². The molecule has 1 amide bonds. The van der Waals surface area contributed by atoms with E-state index >= 15 is 0 Å². The number of carbonyl (C=O) groups excluding carboxylic acids is 1. The maximum absolute atomic E-state index is 12.2. The van der Waals surface area contributed by atoms with Crippen LogP contribution >= 0.6 is 38.5 Å². The van der Waals surface area contributed by atoms with E-state index in [1.807, 2.05) is 28.7 Å². The number of anilines is 1. The summed E-state index contributed by atoms with van der Waals surface area (Å²) in [6.07, 6.45) is 1.36. The lowest BCUT2D eigenvalue weighted by atomic mass is 10.2. The Bertz CT molecular complexity index is 691. The number of pyridine rings is 1. The number of aromatic carboxylic acids is 1. The van der Waals surface area contributed by atoms with Crippen LogP contribution in [0.1, 0.15) is 20.8 Å². The van der Waals surface area contributed by atoms with Crippen molar-refractivity contribution in [3.63, 3.8) is 0 Å². The molecule has 0 saturated heterocycles. The van der Waals surface area contributed by atoms with E-state index in [4.69, 9.17) is 5.11 Å². The summed E-state index contributed by atoms with van der Waals surface area (Å²) >= 11 is 5.34. The van der Waals surface area contributed by atoms with Gasteiger partial charge in [-0.05, 0) is 52.9 Å². The number of nitrogens with zero attached hydrogens (tertiary/aromatic N) is 1. The van der Waals surface area contributed by atoms with Crippen LogP contribution in [0.2, 0.25) is 0 Å². The first-order valence-electron chi connectivity index (χ1n) is 5.44. The average molecular weight is 447 g/mol. The molecule has 2 aromatic rings. The van der Waals surface area contributed by atoms with Gasteiger partial charge in [-0.15, -0.1) is 0 Å². The first-order valence-corrected chi connectivity index (χ1v) is 7.31. The van der Waals surface area contributed by atoms with Crippen LogP contribution in [-0.2, 0) is 0 Å². The normalized spacial score (nSPS) is 10.1. The Morgan fingerprint density at radius 2 is 2.05 bits per heavy atom. The van der Waals surface area contributed by atoms with Crippen molar-refractivity contribution >= 4 is 56.1 Å². The van der Waals surface area contributed by atoms with E-state index in [-0.39, 0.29) is 17.3 Å². The van der Waals surface area contributed by atoms with E-state index in [9.17, 15) is 9.59 Å². The molecule has 0 aliphatic carbocycles. The molecule has 0 saturated carbocycles. The number of rotatable bonds is 3. The number of nitrogens with one attached hydrogen (secondary N) is 1. The lowest BCUT2D eigenvalue weighted by Gasteiger charge is -2.09. The van der Waals surface area contributed by atoms with Crippen LogP contribution in [0.15, 0.2) is 41.0 Å². The molecule has 1 aromatic heterocycles. The van der Waals surface area contributed by atoms with Crippen molar-refractivity contribution in [1.29, 1.82) is 0 Å². The molecule has 0 bridgehead atoms. The molecule has 20 heavy (non-hydrogen) atoms. The number of carboxylic acid groups (broad SMARTS) is 1. The summed E-state index contributed by atoms with van der Waals surface area (Å²) in [5, 5.41) is 11.6. The molecule has 1 aromatic carbocycles. The third-order valence-corrected chi connectivity index (χ3v) is 3.87. The van der Waals surface area contributed by atoms with E-state index in [1.54, 1.807) is 18.2 Å². The summed E-state index contributed by atoms with van der Waals surface area (Å²) < 4.78 is 1.54. The van der Waals surface area contributed by atoms with Gasteiger partial charge in [-0.3, -0.25) is 4.79 Å². The Balaban J connectivity index is 2.33. The van der Waals surface area contributed by atoms with Crippen LogP contribution in [0.3, 0.4) is 0 Å². The lowest BCUT2D eigenvalue weighted by Crippen LogP contribution is -2.16. The Morgan fingerprint density at radius 3 is 2.75 bits per heavy atom. The van der Waals surface area contributed by atoms with Gasteiger partial charge >= 0.3 is 5.97 Å². The maximum Gasteiger partial charge on any atom is 0.356 e. The Kier molecular flexibility index (Phi) is 4.71. The van der Waals surface area contributed by atoms with Gasteiger partial charge < -0.3 is 10.4 Å². The second-order valence-corrected chi connectivity index (χ2v) is 5.86. The van der Waals surface area contributed by atoms with E-state index in [0.717, 1.165) is 8.04 Å². The first kappa shape index (κ1) is 14.9. The summed E-state index contributed by atoms with van der Waals surface area (Å²) in [5.74, 6) is -1.57. The first-order chi connectivity index (χ1) is 9.49. The molecule has 0 fully saturated rings. The summed E-state index contributed by atoms with van der Waals surface area (Å²) in [7, 11) is 0. The number of aromatic nitrogens is 1. The van der Waals surface area contributed by atoms with Crippen LogP contribution in [0.25, 0.3) is 0 Å². The van der Waals surface area contributed by atoms with Gasteiger partial charge in [0.15, 0.2) is 5.69 Å². The number of halogens is 2. The van der Waals surface area contributed by atoms with Crippen molar-refractivity contribution < 1.29 is 14.7 Å². The fourth-order valence-electron chi connectivity index (χ4n) is 1.54. The molecule has 0 atom stereocenters. The molecule has 2 rings (SSSR count). The Morgan fingerprint density at radius 1 is 1.30 bits per heavy atom. The molecule has 102 valence electrons. The lowest BCUT2D eigenvalue weighted by molar-refractivity contribution is 0.0692. The zero-order valence-corrected chi connectivity index (χ0v) is 13.7. The number of amides is 1. The predicted octanol–water partition coefficient (Wildman–Crippen LogP) is 3.40. The van der Waals surface area contributed by atoms with Gasteiger partial charge in [0.25, 0.3) is 5.91 Å². The minimum Gasteiger partial charge on any atom is -0.476 e. The molecule has 0 unspecified atom stereocenters. The highest BCUT2D eigenvalue weighted by Gasteiger charge is 2.16. The summed E-state index contributed by atoms with van der Waals surface area (Å²) in [4.78, 5) is 27.0. The zero-order valence-electron chi connectivity index (χ0n) is 9.93. The Hall–Kier alpha value is -1.48. The molecule has 7 heteroatoms. The molecule has 0 aliphatic rings. The number of carboxylic acids is 1. The molecular weight excluding hydrogens is 439 g/mol. The zero-order chi connectivity index (χ0) is 14.7. The van der Waals surface area contributed by atoms with Gasteiger partial charge in [-0.25, -0.2) is 9.78 Å². The van der Waals surface area contributed by atoms with Crippen molar-refractivity contribution in [2.75, 3.05) is 5.32 Å². The quantitative estimate of drug-likeness (QED) is 0.708. The van der Waals surface area contributed by atoms with Crippen LogP contribution < -0.4 is 5.32 Å². The third-order valence-electron chi connectivity index (χ3n) is 2.43. The van der Waals surface area contributed by atoms with Crippen molar-refractivity contribution in [2.24, 2.45) is 0 Å². The minimum absolute atomic E-state index is 0.167. The second-order valence-electron chi connectivity index (χ2n) is 3.78. The van der Waals surface area contributed by atoms with Gasteiger partial charge in [0.1, 0.15) is 0 Å². The molecule has 5 nitrogen and oxygen atoms in total. The predicted molar refractivity (Wildman–Crippen MR) is 86.0 cm³/mol. The largest absolute Gasteiger partial charge is 0.476 e. The highest BCUT2D eigenvalue weighted by Crippen LogP contribution is 2.20. The molecule has 2 N–H and O–H groups in total. The monoisotopic (exact) mass is 446 g/mol. The van der Waals surface area contributed by atoms with Gasteiger partial charge in [0.2, 0.25) is 0 Å². The third kappa shape index (κ3) is 3.34. The van der Waals surface area contributed by atoms with E-state index < -0.39 is 5.97 Å². The van der Waals surface area contributed by atoms with Crippen LogP contribution in [-0.4, -0.2) is 22.0 Å². The average Bonchev–Trinajstić information content (AvgIpc) is 2.41. The van der Waals surface area contributed by atoms with Gasteiger partial charge in [0.05, 0.1) is 11.3 Å². The standard InChI is InChI=1S/C13H8BrIN2O3/c14-7-3-4-9(15)8(6-7)12(18)17-10-2-1-5-16-11(10)13(19)20/h1-6H,(H,17,18)(H,19,20). The van der Waals surface area contributed by atoms with Gasteiger partial charge in [-0.1, -0.05) is 15.9 Å². The van der Waals surface area contributed by atoms with Crippen molar-refractivity contribution in [1.82, 2.24) is 4.98 Å². The summed E-state index contributed by atoms with van der Waals surface area (Å²) in [5.41, 5.74) is 0.437. The summed E-state index contributed by atoms with van der Waals surface area (Å²) in [6, 6.07) is 8.35. The second kappa shape index (κ2) is 6.31. The van der Waals surface area contributed by atoms with Crippen molar-refractivity contribution in [2.45, 2.75) is 0 Å². The SMILES string of the molecule is O=C(Nc1cccnc1C(=O)O)c1cc(Br)ccc1I. The van der Waals surface area contributed by atoms with E-state index in [0.29, 0.717) is 5.56 Å². The highest BCUT2D eigenvalue weighted by molar-refractivity contribution is 14.1. The molecule has 0 aliphatic heterocycles. The van der Waals surface area contributed by atoms with E-state index in [1.165, 1.54) is 12.3 Å².